The Kier molecular flexibility index (Phi) is 2.61. The van der Waals surface area contributed by atoms with Crippen LogP contribution in [0, 0.1) is 5.41 Å². The third-order valence-corrected chi connectivity index (χ3v) is 3.68. The van der Waals surface area contributed by atoms with Gasteiger partial charge in [0.2, 0.25) is 0 Å². The molecule has 0 aromatic heterocycles. The van der Waals surface area contributed by atoms with Crippen molar-refractivity contribution < 1.29 is 0 Å². The number of rotatable bonds is 1. The minimum Gasteiger partial charge on any atom is -0.316 e. The van der Waals surface area contributed by atoms with Crippen LogP contribution in [0.5, 0.6) is 0 Å². The normalized spacial score (nSPS) is 27.6. The van der Waals surface area contributed by atoms with Crippen LogP contribution >= 0.6 is 0 Å². The molecule has 0 amide bonds. The number of hydrogen-bond donors (Lipinski definition) is 2. The maximum Gasteiger partial charge on any atom is 0.00990 e. The second kappa shape index (κ2) is 3.49. The van der Waals surface area contributed by atoms with Gasteiger partial charge in [0.05, 0.1) is 0 Å². The Bertz CT molecular complexity index is 191. The Balaban J connectivity index is 1.78. The summed E-state index contributed by atoms with van der Waals surface area (Å²) in [6, 6.07) is 0.765. The van der Waals surface area contributed by atoms with Gasteiger partial charge < -0.3 is 10.6 Å². The van der Waals surface area contributed by atoms with Gasteiger partial charge in [0.25, 0.3) is 0 Å². The SMILES string of the molecule is CC(C)(C)NC1CCC2(CC1)CNC2. The molecule has 1 aliphatic carbocycles. The highest BCUT2D eigenvalue weighted by Gasteiger charge is 2.40. The summed E-state index contributed by atoms with van der Waals surface area (Å²) in [5.41, 5.74) is 0.989. The van der Waals surface area contributed by atoms with Gasteiger partial charge in [-0.3, -0.25) is 0 Å². The third-order valence-electron chi connectivity index (χ3n) is 3.68. The van der Waals surface area contributed by atoms with Gasteiger partial charge in [-0.15, -0.1) is 0 Å². The molecule has 2 rings (SSSR count). The van der Waals surface area contributed by atoms with Crippen molar-refractivity contribution in [3.8, 4) is 0 Å². The van der Waals surface area contributed by atoms with Gasteiger partial charge in [-0.25, -0.2) is 0 Å². The summed E-state index contributed by atoms with van der Waals surface area (Å²) in [6.45, 7) is 9.34. The van der Waals surface area contributed by atoms with Gasteiger partial charge in [-0.1, -0.05) is 0 Å². The molecular formula is C12H24N2. The van der Waals surface area contributed by atoms with E-state index in [1.807, 2.05) is 0 Å². The average molecular weight is 196 g/mol. The summed E-state index contributed by atoms with van der Waals surface area (Å²) in [4.78, 5) is 0. The first-order chi connectivity index (χ1) is 6.49. The fourth-order valence-corrected chi connectivity index (χ4v) is 2.82. The molecule has 1 aliphatic heterocycles. The van der Waals surface area contributed by atoms with Crippen LogP contribution in [0.2, 0.25) is 0 Å². The monoisotopic (exact) mass is 196 g/mol. The topological polar surface area (TPSA) is 24.1 Å². The van der Waals surface area contributed by atoms with Crippen molar-refractivity contribution in [3.63, 3.8) is 0 Å². The molecule has 82 valence electrons. The highest BCUT2D eigenvalue weighted by Crippen LogP contribution is 2.39. The van der Waals surface area contributed by atoms with Crippen LogP contribution in [0.3, 0.4) is 0 Å². The Labute approximate surface area is 87.8 Å². The summed E-state index contributed by atoms with van der Waals surface area (Å²) in [7, 11) is 0. The third kappa shape index (κ3) is 2.29. The molecule has 1 heterocycles. The van der Waals surface area contributed by atoms with E-state index in [4.69, 9.17) is 0 Å². The van der Waals surface area contributed by atoms with Crippen LogP contribution < -0.4 is 10.6 Å². The molecule has 2 heteroatoms. The van der Waals surface area contributed by atoms with Crippen molar-refractivity contribution in [3.05, 3.63) is 0 Å². The maximum absolute atomic E-state index is 3.72. The van der Waals surface area contributed by atoms with Crippen LogP contribution in [-0.4, -0.2) is 24.7 Å². The van der Waals surface area contributed by atoms with Crippen molar-refractivity contribution in [1.29, 1.82) is 0 Å². The van der Waals surface area contributed by atoms with E-state index in [1.165, 1.54) is 38.8 Å². The van der Waals surface area contributed by atoms with Gasteiger partial charge in [0.1, 0.15) is 0 Å². The van der Waals surface area contributed by atoms with E-state index < -0.39 is 0 Å². The molecular weight excluding hydrogens is 172 g/mol. The second-order valence-electron chi connectivity index (χ2n) is 6.27. The molecule has 1 saturated carbocycles. The molecule has 0 aromatic rings. The van der Waals surface area contributed by atoms with Gasteiger partial charge in [0, 0.05) is 24.7 Å². The van der Waals surface area contributed by atoms with Crippen molar-refractivity contribution >= 4 is 0 Å². The molecule has 0 atom stereocenters. The van der Waals surface area contributed by atoms with Crippen molar-refractivity contribution in [2.75, 3.05) is 13.1 Å². The van der Waals surface area contributed by atoms with Gasteiger partial charge in [0.15, 0.2) is 0 Å². The second-order valence-corrected chi connectivity index (χ2v) is 6.27. The molecule has 2 N–H and O–H groups in total. The molecule has 0 radical (unpaired) electrons. The molecule has 14 heavy (non-hydrogen) atoms. The Hall–Kier alpha value is -0.0800. The zero-order chi connectivity index (χ0) is 10.2. The van der Waals surface area contributed by atoms with E-state index in [0.717, 1.165) is 6.04 Å². The highest BCUT2D eigenvalue weighted by atomic mass is 15.0. The molecule has 2 aliphatic rings. The lowest BCUT2D eigenvalue weighted by Gasteiger charge is -2.48. The van der Waals surface area contributed by atoms with E-state index in [1.54, 1.807) is 0 Å². The number of nitrogens with one attached hydrogen (secondary N) is 2. The van der Waals surface area contributed by atoms with Crippen LogP contribution in [0.15, 0.2) is 0 Å². The lowest BCUT2D eigenvalue weighted by molar-refractivity contribution is 0.0853. The Morgan fingerprint density at radius 1 is 1.14 bits per heavy atom. The summed E-state index contributed by atoms with van der Waals surface area (Å²) in [5.74, 6) is 0. The van der Waals surface area contributed by atoms with Gasteiger partial charge in [-0.2, -0.15) is 0 Å². The van der Waals surface area contributed by atoms with Gasteiger partial charge in [-0.05, 0) is 51.9 Å². The van der Waals surface area contributed by atoms with E-state index in [2.05, 4.69) is 31.4 Å². The standard InChI is InChI=1S/C12H24N2/c1-11(2,3)14-10-4-6-12(7-5-10)8-13-9-12/h10,13-14H,4-9H2,1-3H3. The first kappa shape index (κ1) is 10.4. The number of hydrogen-bond acceptors (Lipinski definition) is 2. The van der Waals surface area contributed by atoms with Crippen molar-refractivity contribution in [2.45, 2.75) is 58.0 Å². The molecule has 0 unspecified atom stereocenters. The van der Waals surface area contributed by atoms with E-state index in [9.17, 15) is 0 Å². The molecule has 1 saturated heterocycles. The zero-order valence-electron chi connectivity index (χ0n) is 9.82. The lowest BCUT2D eigenvalue weighted by atomic mass is 9.68. The van der Waals surface area contributed by atoms with Crippen LogP contribution in [0.25, 0.3) is 0 Å². The lowest BCUT2D eigenvalue weighted by Crippen LogP contribution is -2.57. The molecule has 0 aromatic carbocycles. The molecule has 1 spiro atoms. The summed E-state index contributed by atoms with van der Waals surface area (Å²) >= 11 is 0. The summed E-state index contributed by atoms with van der Waals surface area (Å²) in [6.07, 6.45) is 5.60. The van der Waals surface area contributed by atoms with E-state index >= 15 is 0 Å². The van der Waals surface area contributed by atoms with Crippen LogP contribution in [0.4, 0.5) is 0 Å². The van der Waals surface area contributed by atoms with E-state index in [0.29, 0.717) is 5.41 Å². The van der Waals surface area contributed by atoms with Crippen molar-refractivity contribution in [2.24, 2.45) is 5.41 Å². The largest absolute Gasteiger partial charge is 0.316 e. The molecule has 0 bridgehead atoms. The van der Waals surface area contributed by atoms with Gasteiger partial charge >= 0.3 is 0 Å². The Morgan fingerprint density at radius 2 is 1.71 bits per heavy atom. The predicted octanol–water partition coefficient (Wildman–Crippen LogP) is 1.91. The molecule has 2 fully saturated rings. The predicted molar refractivity (Wildman–Crippen MR) is 60.4 cm³/mol. The van der Waals surface area contributed by atoms with Crippen LogP contribution in [-0.2, 0) is 0 Å². The zero-order valence-corrected chi connectivity index (χ0v) is 9.82. The Morgan fingerprint density at radius 3 is 2.07 bits per heavy atom. The van der Waals surface area contributed by atoms with E-state index in [-0.39, 0.29) is 5.54 Å². The molecule has 2 nitrogen and oxygen atoms in total. The smallest absolute Gasteiger partial charge is 0.00990 e. The average Bonchev–Trinajstić information content (AvgIpc) is 2.00. The minimum absolute atomic E-state index is 0.285. The highest BCUT2D eigenvalue weighted by molar-refractivity contribution is 4.97. The first-order valence-corrected chi connectivity index (χ1v) is 5.98. The van der Waals surface area contributed by atoms with Crippen LogP contribution in [0.1, 0.15) is 46.5 Å². The van der Waals surface area contributed by atoms with Crippen molar-refractivity contribution in [1.82, 2.24) is 10.6 Å². The maximum atomic E-state index is 3.72. The minimum atomic E-state index is 0.285. The quantitative estimate of drug-likeness (QED) is 0.669. The fourth-order valence-electron chi connectivity index (χ4n) is 2.82. The first-order valence-electron chi connectivity index (χ1n) is 5.98. The summed E-state index contributed by atoms with van der Waals surface area (Å²) < 4.78 is 0. The fraction of sp³-hybridized carbons (Fsp3) is 1.00. The summed E-state index contributed by atoms with van der Waals surface area (Å²) in [5, 5.41) is 7.14.